The van der Waals surface area contributed by atoms with Crippen molar-refractivity contribution in [2.45, 2.75) is 18.9 Å². The number of nitrogens with zero attached hydrogens (tertiary/aromatic N) is 1. The minimum atomic E-state index is -0.0242. The zero-order valence-corrected chi connectivity index (χ0v) is 16.3. The lowest BCUT2D eigenvalue weighted by atomic mass is 10.0. The molecule has 1 N–H and O–H groups in total. The van der Waals surface area contributed by atoms with E-state index in [0.717, 1.165) is 53.1 Å². The van der Waals surface area contributed by atoms with Gasteiger partial charge in [0.1, 0.15) is 17.2 Å². The van der Waals surface area contributed by atoms with Crippen molar-refractivity contribution in [2.24, 2.45) is 0 Å². The summed E-state index contributed by atoms with van der Waals surface area (Å²) in [6.45, 7) is 0.718. The lowest BCUT2D eigenvalue weighted by Gasteiger charge is -2.26. The number of H-pyrrole nitrogens is 1. The van der Waals surface area contributed by atoms with Gasteiger partial charge in [-0.1, -0.05) is 0 Å². The summed E-state index contributed by atoms with van der Waals surface area (Å²) in [5.41, 5.74) is 2.58. The molecule has 2 aromatic carbocycles. The van der Waals surface area contributed by atoms with Crippen LogP contribution >= 0.6 is 0 Å². The van der Waals surface area contributed by atoms with Gasteiger partial charge in [-0.3, -0.25) is 4.79 Å². The molecule has 0 spiro atoms. The monoisotopic (exact) mass is 380 g/mol. The van der Waals surface area contributed by atoms with Crippen LogP contribution in [-0.4, -0.2) is 43.7 Å². The van der Waals surface area contributed by atoms with Gasteiger partial charge in [0.25, 0.3) is 5.91 Å². The predicted molar refractivity (Wildman–Crippen MR) is 107 cm³/mol. The first kappa shape index (κ1) is 18.2. The van der Waals surface area contributed by atoms with E-state index in [0.29, 0.717) is 5.56 Å². The number of amides is 1. The van der Waals surface area contributed by atoms with E-state index in [1.165, 1.54) is 0 Å². The van der Waals surface area contributed by atoms with Gasteiger partial charge < -0.3 is 24.1 Å². The summed E-state index contributed by atoms with van der Waals surface area (Å²) in [6.07, 6.45) is 3.64. The summed E-state index contributed by atoms with van der Waals surface area (Å²) in [6, 6.07) is 11.5. The molecule has 6 heteroatoms. The summed E-state index contributed by atoms with van der Waals surface area (Å²) in [7, 11) is 4.90. The lowest BCUT2D eigenvalue weighted by molar-refractivity contribution is 0.0736. The van der Waals surface area contributed by atoms with E-state index < -0.39 is 0 Å². The molecule has 0 saturated carbocycles. The number of hydrogen-bond acceptors (Lipinski definition) is 4. The Kier molecular flexibility index (Phi) is 4.86. The highest BCUT2D eigenvalue weighted by molar-refractivity contribution is 6.07. The van der Waals surface area contributed by atoms with Crippen LogP contribution in [-0.2, 0) is 0 Å². The molecule has 1 aliphatic rings. The molecule has 146 valence electrons. The quantitative estimate of drug-likeness (QED) is 0.722. The number of carbonyl (C=O) groups excluding carboxylic acids is 1. The highest BCUT2D eigenvalue weighted by Gasteiger charge is 2.33. The van der Waals surface area contributed by atoms with E-state index >= 15 is 0 Å². The Bertz CT molecular complexity index is 1010. The van der Waals surface area contributed by atoms with Gasteiger partial charge in [0.2, 0.25) is 0 Å². The van der Waals surface area contributed by atoms with Gasteiger partial charge in [0, 0.05) is 35.3 Å². The molecule has 1 amide bonds. The number of benzene rings is 2. The third-order valence-electron chi connectivity index (χ3n) is 5.43. The molecule has 28 heavy (non-hydrogen) atoms. The number of carbonyl (C=O) groups is 1. The SMILES string of the molecule is COc1ccc([C@@H]2CCCN2C(=O)c2c[nH]c3ccc(OC)cc23)c(OC)c1. The molecule has 1 aromatic heterocycles. The van der Waals surface area contributed by atoms with Crippen LogP contribution in [0, 0.1) is 0 Å². The molecule has 1 aliphatic heterocycles. The molecule has 0 bridgehead atoms. The van der Waals surface area contributed by atoms with E-state index in [4.69, 9.17) is 14.2 Å². The third kappa shape index (κ3) is 3.05. The van der Waals surface area contributed by atoms with Crippen molar-refractivity contribution in [3.8, 4) is 17.2 Å². The maximum atomic E-state index is 13.4. The number of aromatic nitrogens is 1. The van der Waals surface area contributed by atoms with Gasteiger partial charge in [-0.15, -0.1) is 0 Å². The molecule has 2 heterocycles. The second-order valence-electron chi connectivity index (χ2n) is 6.88. The molecule has 1 atom stereocenters. The Hall–Kier alpha value is -3.15. The van der Waals surface area contributed by atoms with E-state index in [2.05, 4.69) is 4.98 Å². The van der Waals surface area contributed by atoms with Crippen LogP contribution in [0.4, 0.5) is 0 Å². The summed E-state index contributed by atoms with van der Waals surface area (Å²) in [5, 5.41) is 0.872. The molecule has 1 saturated heterocycles. The fourth-order valence-corrected chi connectivity index (χ4v) is 3.99. The Labute approximate surface area is 164 Å². The molecular formula is C22H24N2O4. The molecule has 0 radical (unpaired) electrons. The van der Waals surface area contributed by atoms with E-state index in [9.17, 15) is 4.79 Å². The number of aromatic amines is 1. The van der Waals surface area contributed by atoms with Crippen molar-refractivity contribution < 1.29 is 19.0 Å². The smallest absolute Gasteiger partial charge is 0.256 e. The van der Waals surface area contributed by atoms with Crippen LogP contribution in [0.3, 0.4) is 0 Å². The van der Waals surface area contributed by atoms with Crippen LogP contribution < -0.4 is 14.2 Å². The molecule has 0 unspecified atom stereocenters. The summed E-state index contributed by atoms with van der Waals surface area (Å²) in [4.78, 5) is 18.6. The average Bonchev–Trinajstić information content (AvgIpc) is 3.39. The largest absolute Gasteiger partial charge is 0.497 e. The number of ether oxygens (including phenoxy) is 3. The Morgan fingerprint density at radius 3 is 2.54 bits per heavy atom. The maximum Gasteiger partial charge on any atom is 0.256 e. The standard InChI is InChI=1S/C22H24N2O4/c1-26-14-7-9-19-17(11-14)18(13-23-19)22(25)24-10-4-5-20(24)16-8-6-15(27-2)12-21(16)28-3/h6-9,11-13,20,23H,4-5,10H2,1-3H3/t20-/m0/s1. The molecule has 3 aromatic rings. The predicted octanol–water partition coefficient (Wildman–Crippen LogP) is 4.17. The van der Waals surface area contributed by atoms with Crippen molar-refractivity contribution in [3.63, 3.8) is 0 Å². The van der Waals surface area contributed by atoms with E-state index in [1.807, 2.05) is 41.3 Å². The van der Waals surface area contributed by atoms with Gasteiger partial charge in [0.15, 0.2) is 0 Å². The minimum Gasteiger partial charge on any atom is -0.497 e. The first-order chi connectivity index (χ1) is 13.7. The Morgan fingerprint density at radius 2 is 1.79 bits per heavy atom. The van der Waals surface area contributed by atoms with Crippen molar-refractivity contribution in [1.82, 2.24) is 9.88 Å². The average molecular weight is 380 g/mol. The fraction of sp³-hybridized carbons (Fsp3) is 0.318. The second kappa shape index (κ2) is 7.46. The number of rotatable bonds is 5. The fourth-order valence-electron chi connectivity index (χ4n) is 3.99. The summed E-state index contributed by atoms with van der Waals surface area (Å²) >= 11 is 0. The topological polar surface area (TPSA) is 63.8 Å². The van der Waals surface area contributed by atoms with E-state index in [-0.39, 0.29) is 11.9 Å². The molecular weight excluding hydrogens is 356 g/mol. The highest BCUT2D eigenvalue weighted by Crippen LogP contribution is 2.40. The first-order valence-electron chi connectivity index (χ1n) is 9.34. The van der Waals surface area contributed by atoms with Crippen molar-refractivity contribution >= 4 is 16.8 Å². The summed E-state index contributed by atoms with van der Waals surface area (Å²) in [5.74, 6) is 2.22. The van der Waals surface area contributed by atoms with Gasteiger partial charge in [-0.2, -0.15) is 0 Å². The van der Waals surface area contributed by atoms with Crippen molar-refractivity contribution in [3.05, 3.63) is 53.7 Å². The molecule has 4 rings (SSSR count). The number of fused-ring (bicyclic) bond motifs is 1. The van der Waals surface area contributed by atoms with Crippen molar-refractivity contribution in [1.29, 1.82) is 0 Å². The molecule has 1 fully saturated rings. The van der Waals surface area contributed by atoms with Gasteiger partial charge in [-0.05, 0) is 43.2 Å². The van der Waals surface area contributed by atoms with Gasteiger partial charge >= 0.3 is 0 Å². The second-order valence-corrected chi connectivity index (χ2v) is 6.88. The zero-order chi connectivity index (χ0) is 19.7. The Balaban J connectivity index is 1.70. The van der Waals surface area contributed by atoms with Crippen molar-refractivity contribution in [2.75, 3.05) is 27.9 Å². The van der Waals surface area contributed by atoms with Crippen LogP contribution in [0.2, 0.25) is 0 Å². The van der Waals surface area contributed by atoms with Crippen LogP contribution in [0.5, 0.6) is 17.2 Å². The lowest BCUT2D eigenvalue weighted by Crippen LogP contribution is -2.30. The minimum absolute atomic E-state index is 0.0138. The Morgan fingerprint density at radius 1 is 1.04 bits per heavy atom. The number of likely N-dealkylation sites (tertiary alicyclic amines) is 1. The summed E-state index contributed by atoms with van der Waals surface area (Å²) < 4.78 is 16.2. The number of nitrogens with one attached hydrogen (secondary N) is 1. The molecule has 6 nitrogen and oxygen atoms in total. The zero-order valence-electron chi connectivity index (χ0n) is 16.3. The van der Waals surface area contributed by atoms with E-state index in [1.54, 1.807) is 27.5 Å². The van der Waals surface area contributed by atoms with Crippen LogP contribution in [0.15, 0.2) is 42.6 Å². The van der Waals surface area contributed by atoms with Crippen LogP contribution in [0.25, 0.3) is 10.9 Å². The highest BCUT2D eigenvalue weighted by atomic mass is 16.5. The number of hydrogen-bond donors (Lipinski definition) is 1. The maximum absolute atomic E-state index is 13.4. The van der Waals surface area contributed by atoms with Gasteiger partial charge in [0.05, 0.1) is 32.9 Å². The number of methoxy groups -OCH3 is 3. The van der Waals surface area contributed by atoms with Crippen LogP contribution in [0.1, 0.15) is 34.8 Å². The first-order valence-corrected chi connectivity index (χ1v) is 9.34. The van der Waals surface area contributed by atoms with Gasteiger partial charge in [-0.25, -0.2) is 0 Å². The third-order valence-corrected chi connectivity index (χ3v) is 5.43. The molecule has 0 aliphatic carbocycles. The normalized spacial score (nSPS) is 16.4.